The molecule has 3 aromatic carbocycles. The molecule has 1 aliphatic heterocycles. The van der Waals surface area contributed by atoms with Crippen LogP contribution in [0, 0.1) is 34.4 Å². The minimum absolute atomic E-state index is 0.0941. The van der Waals surface area contributed by atoms with Crippen molar-refractivity contribution in [2.24, 2.45) is 5.92 Å². The summed E-state index contributed by atoms with van der Waals surface area (Å²) in [6, 6.07) is 23.3. The number of hydrogen-bond donors (Lipinski definition) is 0. The summed E-state index contributed by atoms with van der Waals surface area (Å²) in [7, 11) is 0. The van der Waals surface area contributed by atoms with Gasteiger partial charge in [-0.15, -0.1) is 10.2 Å². The van der Waals surface area contributed by atoms with E-state index in [-0.39, 0.29) is 17.5 Å². The highest BCUT2D eigenvalue weighted by Crippen LogP contribution is 2.46. The van der Waals surface area contributed by atoms with Gasteiger partial charge in [0.2, 0.25) is 12.3 Å². The van der Waals surface area contributed by atoms with Gasteiger partial charge in [-0.05, 0) is 78.9 Å². The van der Waals surface area contributed by atoms with Crippen LogP contribution in [0.2, 0.25) is 0 Å². The minimum Gasteiger partial charge on any atom is -0.423 e. The molecule has 1 aromatic heterocycles. The van der Waals surface area contributed by atoms with Crippen molar-refractivity contribution < 1.29 is 13.2 Å². The normalized spacial score (nSPS) is 15.7. The van der Waals surface area contributed by atoms with Crippen LogP contribution < -0.4 is 0 Å². The molecule has 2 unspecified atom stereocenters. The molecule has 0 saturated carbocycles. The lowest BCUT2D eigenvalue weighted by atomic mass is 9.72. The maximum absolute atomic E-state index is 15.6. The first-order valence-corrected chi connectivity index (χ1v) is 12.3. The van der Waals surface area contributed by atoms with E-state index >= 15 is 4.39 Å². The van der Waals surface area contributed by atoms with Crippen molar-refractivity contribution >= 4 is 0 Å². The molecule has 6 nitrogen and oxygen atoms in total. The van der Waals surface area contributed by atoms with Crippen molar-refractivity contribution in [3.05, 3.63) is 107 Å². The van der Waals surface area contributed by atoms with Crippen LogP contribution in [0.15, 0.2) is 77.5 Å². The number of aromatic nitrogens is 2. The lowest BCUT2D eigenvalue weighted by Crippen LogP contribution is -2.53. The zero-order valence-electron chi connectivity index (χ0n) is 21.0. The van der Waals surface area contributed by atoms with E-state index in [1.165, 1.54) is 26.3 Å². The molecule has 0 N–H and O–H groups in total. The molecule has 1 saturated heterocycles. The van der Waals surface area contributed by atoms with Gasteiger partial charge in [0.15, 0.2) is 0 Å². The number of benzene rings is 3. The SMILES string of the molecule is CC(C)(F)C(c1cc(F)cc(C#N)c1)C1CN(C(c2ccc(C#N)cc2)c2cccc(-c3nnco3)c2)C1. The summed E-state index contributed by atoms with van der Waals surface area (Å²) in [5.41, 5.74) is 2.36. The third-order valence-corrected chi connectivity index (χ3v) is 7.09. The van der Waals surface area contributed by atoms with Crippen molar-refractivity contribution in [1.82, 2.24) is 15.1 Å². The van der Waals surface area contributed by atoms with Crippen LogP contribution in [0.5, 0.6) is 0 Å². The quantitative estimate of drug-likeness (QED) is 0.296. The summed E-state index contributed by atoms with van der Waals surface area (Å²) in [6.45, 7) is 4.13. The fourth-order valence-corrected chi connectivity index (χ4v) is 5.55. The Bertz CT molecular complexity index is 1510. The molecule has 8 heteroatoms. The van der Waals surface area contributed by atoms with Gasteiger partial charge in [0, 0.05) is 24.6 Å². The Morgan fingerprint density at radius 2 is 1.68 bits per heavy atom. The van der Waals surface area contributed by atoms with Gasteiger partial charge >= 0.3 is 0 Å². The lowest BCUT2D eigenvalue weighted by Gasteiger charge is -2.50. The molecule has 0 aliphatic carbocycles. The molecule has 0 amide bonds. The predicted molar refractivity (Wildman–Crippen MR) is 137 cm³/mol. The molecule has 38 heavy (non-hydrogen) atoms. The largest absolute Gasteiger partial charge is 0.423 e. The van der Waals surface area contributed by atoms with Crippen LogP contribution in [0.25, 0.3) is 11.5 Å². The lowest BCUT2D eigenvalue weighted by molar-refractivity contribution is 0.00813. The van der Waals surface area contributed by atoms with E-state index in [1.807, 2.05) is 42.5 Å². The molecule has 190 valence electrons. The molecule has 0 radical (unpaired) electrons. The number of hydrogen-bond acceptors (Lipinski definition) is 6. The fraction of sp³-hybridized carbons (Fsp3) is 0.267. The molecule has 1 aliphatic rings. The monoisotopic (exact) mass is 509 g/mol. The van der Waals surface area contributed by atoms with E-state index in [9.17, 15) is 14.9 Å². The average Bonchev–Trinajstić information content (AvgIpc) is 3.42. The second kappa shape index (κ2) is 10.2. The van der Waals surface area contributed by atoms with Crippen molar-refractivity contribution in [3.63, 3.8) is 0 Å². The summed E-state index contributed by atoms with van der Waals surface area (Å²) >= 11 is 0. The predicted octanol–water partition coefficient (Wildman–Crippen LogP) is 6.17. The topological polar surface area (TPSA) is 89.7 Å². The maximum atomic E-state index is 15.6. The van der Waals surface area contributed by atoms with E-state index in [4.69, 9.17) is 4.42 Å². The third kappa shape index (κ3) is 5.04. The molecule has 4 aromatic rings. The molecule has 2 heterocycles. The number of halogens is 2. The number of nitriles is 2. The van der Waals surface area contributed by atoms with Crippen molar-refractivity contribution in [1.29, 1.82) is 10.5 Å². The summed E-state index contributed by atoms with van der Waals surface area (Å²) in [5, 5.41) is 26.4. The first-order chi connectivity index (χ1) is 18.3. The highest BCUT2D eigenvalue weighted by atomic mass is 19.1. The number of likely N-dealkylation sites (tertiary alicyclic amines) is 1. The summed E-state index contributed by atoms with van der Waals surface area (Å²) in [6.07, 6.45) is 1.28. The Hall–Kier alpha value is -4.40. The molecule has 2 atom stereocenters. The zero-order chi connectivity index (χ0) is 26.9. The zero-order valence-corrected chi connectivity index (χ0v) is 21.0. The van der Waals surface area contributed by atoms with E-state index in [0.717, 1.165) is 22.8 Å². The van der Waals surface area contributed by atoms with Crippen molar-refractivity contribution in [3.8, 4) is 23.6 Å². The summed E-state index contributed by atoms with van der Waals surface area (Å²) in [5.74, 6) is -0.820. The highest BCUT2D eigenvalue weighted by molar-refractivity contribution is 5.55. The van der Waals surface area contributed by atoms with Gasteiger partial charge in [-0.2, -0.15) is 10.5 Å². The van der Waals surface area contributed by atoms with Gasteiger partial charge in [0.25, 0.3) is 0 Å². The van der Waals surface area contributed by atoms with Gasteiger partial charge in [-0.3, -0.25) is 4.90 Å². The van der Waals surface area contributed by atoms with Crippen LogP contribution in [-0.4, -0.2) is 33.9 Å². The van der Waals surface area contributed by atoms with Crippen LogP contribution in [0.1, 0.15) is 53.6 Å². The van der Waals surface area contributed by atoms with Crippen molar-refractivity contribution in [2.75, 3.05) is 13.1 Å². The molecule has 5 rings (SSSR count). The Kier molecular flexibility index (Phi) is 6.75. The molecular formula is C30H25F2N5O. The van der Waals surface area contributed by atoms with Crippen LogP contribution in [-0.2, 0) is 0 Å². The molecule has 0 bridgehead atoms. The standard InChI is InChI=1S/C30H25F2N5O/c1-30(2,32)27(24-10-20(15-34)11-26(31)13-24)25-16-37(17-25)28(21-8-6-19(14-33)7-9-21)22-4-3-5-23(12-22)29-36-35-18-38-29/h3-13,18,25,27-28H,16-17H2,1-2H3. The average molecular weight is 510 g/mol. The second-order valence-electron chi connectivity index (χ2n) is 10.1. The molecule has 1 fully saturated rings. The first kappa shape index (κ1) is 25.3. The van der Waals surface area contributed by atoms with E-state index in [0.29, 0.717) is 30.1 Å². The van der Waals surface area contributed by atoms with E-state index < -0.39 is 17.4 Å². The van der Waals surface area contributed by atoms with Crippen LogP contribution in [0.4, 0.5) is 8.78 Å². The second-order valence-corrected chi connectivity index (χ2v) is 10.1. The fourth-order valence-electron chi connectivity index (χ4n) is 5.55. The Morgan fingerprint density at radius 3 is 2.32 bits per heavy atom. The smallest absolute Gasteiger partial charge is 0.247 e. The summed E-state index contributed by atoms with van der Waals surface area (Å²) in [4.78, 5) is 2.24. The van der Waals surface area contributed by atoms with E-state index in [1.54, 1.807) is 18.2 Å². The molecule has 0 spiro atoms. The highest BCUT2D eigenvalue weighted by Gasteiger charge is 2.45. The summed E-state index contributed by atoms with van der Waals surface area (Å²) < 4.78 is 35.2. The van der Waals surface area contributed by atoms with E-state index in [2.05, 4.69) is 21.2 Å². The van der Waals surface area contributed by atoms with Gasteiger partial charge in [0.1, 0.15) is 11.5 Å². The Balaban J connectivity index is 1.49. The van der Waals surface area contributed by atoms with Crippen LogP contribution >= 0.6 is 0 Å². The Labute approximate surface area is 219 Å². The van der Waals surface area contributed by atoms with Crippen LogP contribution in [0.3, 0.4) is 0 Å². The first-order valence-electron chi connectivity index (χ1n) is 12.3. The van der Waals surface area contributed by atoms with Crippen molar-refractivity contribution in [2.45, 2.75) is 31.5 Å². The van der Waals surface area contributed by atoms with Gasteiger partial charge in [-0.1, -0.05) is 24.3 Å². The Morgan fingerprint density at radius 1 is 0.947 bits per heavy atom. The maximum Gasteiger partial charge on any atom is 0.247 e. The molecular weight excluding hydrogens is 484 g/mol. The number of alkyl halides is 1. The number of nitrogens with zero attached hydrogens (tertiary/aromatic N) is 5. The third-order valence-electron chi connectivity index (χ3n) is 7.09. The minimum atomic E-state index is -1.63. The van der Waals surface area contributed by atoms with Gasteiger partial charge in [-0.25, -0.2) is 8.78 Å². The number of rotatable bonds is 7. The van der Waals surface area contributed by atoms with Gasteiger partial charge < -0.3 is 4.42 Å². The van der Waals surface area contributed by atoms with Gasteiger partial charge in [0.05, 0.1) is 29.3 Å².